The van der Waals surface area contributed by atoms with Gasteiger partial charge in [0.25, 0.3) is 0 Å². The van der Waals surface area contributed by atoms with E-state index in [2.05, 4.69) is 20.3 Å². The molecule has 0 saturated heterocycles. The molecule has 0 amide bonds. The van der Waals surface area contributed by atoms with Crippen molar-refractivity contribution in [3.8, 4) is 0 Å². The summed E-state index contributed by atoms with van der Waals surface area (Å²) >= 11 is 0. The van der Waals surface area contributed by atoms with Gasteiger partial charge in [0.05, 0.1) is 12.3 Å². The highest BCUT2D eigenvalue weighted by Crippen LogP contribution is 2.29. The zero-order valence-electron chi connectivity index (χ0n) is 11.5. The van der Waals surface area contributed by atoms with Crippen LogP contribution in [0.2, 0.25) is 0 Å². The Morgan fingerprint density at radius 1 is 1.24 bits per heavy atom. The van der Waals surface area contributed by atoms with Crippen molar-refractivity contribution in [1.29, 1.82) is 0 Å². The Labute approximate surface area is 121 Å². The summed E-state index contributed by atoms with van der Waals surface area (Å²) in [6.45, 7) is 2.09. The van der Waals surface area contributed by atoms with Gasteiger partial charge in [0.2, 0.25) is 5.95 Å². The van der Waals surface area contributed by atoms with E-state index < -0.39 is 5.97 Å². The maximum atomic E-state index is 12.1. The fraction of sp³-hybridized carbons (Fsp3) is 0.133. The number of esters is 1. The first kappa shape index (κ1) is 13.1. The molecule has 0 spiro atoms. The summed E-state index contributed by atoms with van der Waals surface area (Å²) in [6, 6.07) is 9.35. The Morgan fingerprint density at radius 2 is 2.00 bits per heavy atom. The molecule has 0 aliphatic rings. The molecule has 106 valence electrons. The number of H-pyrrole nitrogens is 1. The van der Waals surface area contributed by atoms with Crippen LogP contribution < -0.4 is 5.32 Å². The van der Waals surface area contributed by atoms with E-state index in [1.54, 1.807) is 25.4 Å². The summed E-state index contributed by atoms with van der Waals surface area (Å²) in [5, 5.41) is 3.96. The Morgan fingerprint density at radius 3 is 2.76 bits per heavy atom. The lowest BCUT2D eigenvalue weighted by Gasteiger charge is -2.06. The summed E-state index contributed by atoms with van der Waals surface area (Å²) in [5.74, 6) is 0.0138. The molecule has 3 rings (SSSR count). The average Bonchev–Trinajstić information content (AvgIpc) is 2.88. The van der Waals surface area contributed by atoms with Gasteiger partial charge in [-0.1, -0.05) is 18.2 Å². The highest BCUT2D eigenvalue weighted by Gasteiger charge is 2.19. The van der Waals surface area contributed by atoms with Gasteiger partial charge in [-0.15, -0.1) is 0 Å². The Balaban J connectivity index is 2.09. The van der Waals surface area contributed by atoms with Gasteiger partial charge >= 0.3 is 5.97 Å². The fourth-order valence-electron chi connectivity index (χ4n) is 2.10. The summed E-state index contributed by atoms with van der Waals surface area (Å²) in [6.07, 6.45) is 3.27. The number of hydrogen-bond acceptors (Lipinski definition) is 5. The quantitative estimate of drug-likeness (QED) is 0.719. The molecule has 0 saturated carbocycles. The fourth-order valence-corrected chi connectivity index (χ4v) is 2.10. The van der Waals surface area contributed by atoms with E-state index in [4.69, 9.17) is 4.74 Å². The highest BCUT2D eigenvalue weighted by molar-refractivity contribution is 6.07. The minimum absolute atomic E-state index is 0.315. The van der Waals surface area contributed by atoms with Crippen LogP contribution in [0.1, 0.15) is 17.4 Å². The second-order valence-electron chi connectivity index (χ2n) is 4.34. The SMILES string of the molecule is CCOC(=O)c1[nH]c2ccccc2c1Nc1ncccn1. The summed E-state index contributed by atoms with van der Waals surface area (Å²) in [7, 11) is 0. The van der Waals surface area contributed by atoms with Gasteiger partial charge in [-0.3, -0.25) is 0 Å². The molecule has 0 aliphatic carbocycles. The minimum atomic E-state index is -0.410. The second-order valence-corrected chi connectivity index (χ2v) is 4.34. The Bertz CT molecular complexity index is 768. The number of nitrogens with one attached hydrogen (secondary N) is 2. The normalized spacial score (nSPS) is 10.5. The summed E-state index contributed by atoms with van der Waals surface area (Å²) < 4.78 is 5.08. The third-order valence-electron chi connectivity index (χ3n) is 2.99. The number of fused-ring (bicyclic) bond motifs is 1. The number of aromatic amines is 1. The minimum Gasteiger partial charge on any atom is -0.461 e. The molecule has 21 heavy (non-hydrogen) atoms. The number of rotatable bonds is 4. The molecule has 1 aromatic carbocycles. The molecular weight excluding hydrogens is 268 g/mol. The number of carbonyl (C=O) groups is 1. The Hall–Kier alpha value is -2.89. The van der Waals surface area contributed by atoms with E-state index in [-0.39, 0.29) is 0 Å². The standard InChI is InChI=1S/C15H14N4O2/c1-2-21-14(20)13-12(19-15-16-8-5-9-17-15)10-6-3-4-7-11(10)18-13/h3-9,18H,2H2,1H3,(H,16,17,19). The number of para-hydroxylation sites is 1. The third-order valence-corrected chi connectivity index (χ3v) is 2.99. The van der Waals surface area contributed by atoms with Gasteiger partial charge in [-0.05, 0) is 19.1 Å². The first-order valence-electron chi connectivity index (χ1n) is 6.61. The highest BCUT2D eigenvalue weighted by atomic mass is 16.5. The number of benzene rings is 1. The van der Waals surface area contributed by atoms with Crippen LogP contribution >= 0.6 is 0 Å². The van der Waals surface area contributed by atoms with Crippen LogP contribution in [0.3, 0.4) is 0 Å². The second kappa shape index (κ2) is 5.62. The van der Waals surface area contributed by atoms with E-state index in [0.29, 0.717) is 23.9 Å². The van der Waals surface area contributed by atoms with E-state index >= 15 is 0 Å². The van der Waals surface area contributed by atoms with Crippen LogP contribution in [0.15, 0.2) is 42.7 Å². The largest absolute Gasteiger partial charge is 0.461 e. The van der Waals surface area contributed by atoms with Gasteiger partial charge in [-0.2, -0.15) is 0 Å². The topological polar surface area (TPSA) is 79.9 Å². The van der Waals surface area contributed by atoms with E-state index in [1.807, 2.05) is 24.3 Å². The first-order chi connectivity index (χ1) is 10.3. The molecule has 0 fully saturated rings. The number of aromatic nitrogens is 3. The number of anilines is 2. The van der Waals surface area contributed by atoms with Gasteiger partial charge in [0, 0.05) is 23.3 Å². The van der Waals surface area contributed by atoms with Crippen molar-refractivity contribution in [3.63, 3.8) is 0 Å². The lowest BCUT2D eigenvalue weighted by molar-refractivity contribution is 0.0522. The van der Waals surface area contributed by atoms with Crippen LogP contribution in [0.4, 0.5) is 11.6 Å². The van der Waals surface area contributed by atoms with Crippen LogP contribution in [-0.2, 0) is 4.74 Å². The van der Waals surface area contributed by atoms with Crippen molar-refractivity contribution < 1.29 is 9.53 Å². The van der Waals surface area contributed by atoms with Crippen LogP contribution in [0.25, 0.3) is 10.9 Å². The lowest BCUT2D eigenvalue weighted by atomic mass is 10.2. The van der Waals surface area contributed by atoms with Crippen molar-refractivity contribution >= 4 is 28.5 Å². The van der Waals surface area contributed by atoms with Crippen molar-refractivity contribution in [2.75, 3.05) is 11.9 Å². The first-order valence-corrected chi connectivity index (χ1v) is 6.61. The third kappa shape index (κ3) is 2.55. The molecule has 2 aromatic heterocycles. The molecule has 0 bridgehead atoms. The van der Waals surface area contributed by atoms with Crippen molar-refractivity contribution in [2.45, 2.75) is 6.92 Å². The number of hydrogen-bond donors (Lipinski definition) is 2. The van der Waals surface area contributed by atoms with Gasteiger partial charge in [0.1, 0.15) is 5.69 Å². The molecule has 0 atom stereocenters. The van der Waals surface area contributed by atoms with E-state index in [1.165, 1.54) is 0 Å². The molecule has 0 aliphatic heterocycles. The summed E-state index contributed by atoms with van der Waals surface area (Å²) in [5.41, 5.74) is 1.83. The number of carbonyl (C=O) groups excluding carboxylic acids is 1. The molecular formula is C15H14N4O2. The van der Waals surface area contributed by atoms with Gasteiger partial charge in [0.15, 0.2) is 0 Å². The van der Waals surface area contributed by atoms with Crippen LogP contribution in [-0.4, -0.2) is 27.5 Å². The maximum absolute atomic E-state index is 12.1. The zero-order valence-corrected chi connectivity index (χ0v) is 11.5. The number of ether oxygens (including phenoxy) is 1. The smallest absolute Gasteiger partial charge is 0.356 e. The van der Waals surface area contributed by atoms with Crippen molar-refractivity contribution in [2.24, 2.45) is 0 Å². The average molecular weight is 282 g/mol. The Kier molecular flexibility index (Phi) is 3.51. The maximum Gasteiger partial charge on any atom is 0.356 e. The molecule has 0 unspecified atom stereocenters. The molecule has 2 N–H and O–H groups in total. The van der Waals surface area contributed by atoms with E-state index in [0.717, 1.165) is 10.9 Å². The number of nitrogens with zero attached hydrogens (tertiary/aromatic N) is 2. The molecule has 0 radical (unpaired) electrons. The predicted octanol–water partition coefficient (Wildman–Crippen LogP) is 2.88. The van der Waals surface area contributed by atoms with Crippen LogP contribution in [0, 0.1) is 0 Å². The monoisotopic (exact) mass is 282 g/mol. The van der Waals surface area contributed by atoms with Gasteiger partial charge in [-0.25, -0.2) is 14.8 Å². The van der Waals surface area contributed by atoms with Gasteiger partial charge < -0.3 is 15.0 Å². The summed E-state index contributed by atoms with van der Waals surface area (Å²) in [4.78, 5) is 23.4. The van der Waals surface area contributed by atoms with Crippen molar-refractivity contribution in [1.82, 2.24) is 15.0 Å². The lowest BCUT2D eigenvalue weighted by Crippen LogP contribution is -2.08. The van der Waals surface area contributed by atoms with Crippen molar-refractivity contribution in [3.05, 3.63) is 48.4 Å². The zero-order chi connectivity index (χ0) is 14.7. The molecule has 3 aromatic rings. The predicted molar refractivity (Wildman–Crippen MR) is 79.6 cm³/mol. The molecule has 6 heteroatoms. The molecule has 2 heterocycles. The molecule has 6 nitrogen and oxygen atoms in total. The van der Waals surface area contributed by atoms with Crippen LogP contribution in [0.5, 0.6) is 0 Å². The van der Waals surface area contributed by atoms with E-state index in [9.17, 15) is 4.79 Å².